The summed E-state index contributed by atoms with van der Waals surface area (Å²) in [5, 5.41) is 3.53. The number of alkyl halides is 1. The molecule has 1 aromatic carbocycles. The Kier molecular flexibility index (Phi) is 4.31. The average Bonchev–Trinajstić information content (AvgIpc) is 2.34. The maximum atomic E-state index is 13.7. The highest BCUT2D eigenvalue weighted by molar-refractivity contribution is 6.30. The molecule has 17 heavy (non-hydrogen) atoms. The Morgan fingerprint density at radius 2 is 2.06 bits per heavy atom. The topological polar surface area (TPSA) is 15.3 Å². The molecule has 1 aliphatic rings. The van der Waals surface area contributed by atoms with Crippen LogP contribution in [0.1, 0.15) is 11.6 Å². The van der Waals surface area contributed by atoms with Gasteiger partial charge in [0.05, 0.1) is 6.04 Å². The minimum Gasteiger partial charge on any atom is -0.314 e. The first-order valence-corrected chi connectivity index (χ1v) is 6.06. The Morgan fingerprint density at radius 1 is 1.35 bits per heavy atom. The van der Waals surface area contributed by atoms with Crippen LogP contribution >= 0.6 is 11.6 Å². The smallest absolute Gasteiger partial charge is 0.129 e. The number of piperazine rings is 1. The first-order chi connectivity index (χ1) is 8.22. The molecule has 2 rings (SSSR count). The van der Waals surface area contributed by atoms with Crippen LogP contribution in [0.4, 0.5) is 8.78 Å². The predicted molar refractivity (Wildman–Crippen MR) is 64.6 cm³/mol. The fraction of sp³-hybridized carbons (Fsp3) is 0.500. The molecule has 0 spiro atoms. The Hall–Kier alpha value is -0.710. The van der Waals surface area contributed by atoms with Gasteiger partial charge in [-0.3, -0.25) is 4.90 Å². The van der Waals surface area contributed by atoms with Crippen molar-refractivity contribution in [3.05, 3.63) is 34.6 Å². The Bertz CT molecular complexity index is 381. The number of nitrogens with zero attached hydrogens (tertiary/aromatic N) is 1. The average molecular weight is 261 g/mol. The summed E-state index contributed by atoms with van der Waals surface area (Å²) < 4.78 is 26.9. The van der Waals surface area contributed by atoms with Gasteiger partial charge in [-0.05, 0) is 12.1 Å². The van der Waals surface area contributed by atoms with Gasteiger partial charge in [-0.2, -0.15) is 0 Å². The monoisotopic (exact) mass is 260 g/mol. The zero-order valence-corrected chi connectivity index (χ0v) is 10.2. The maximum Gasteiger partial charge on any atom is 0.129 e. The second kappa shape index (κ2) is 5.76. The van der Waals surface area contributed by atoms with Crippen molar-refractivity contribution in [2.24, 2.45) is 0 Å². The number of benzene rings is 1. The summed E-state index contributed by atoms with van der Waals surface area (Å²) >= 11 is 5.69. The minimum atomic E-state index is -0.585. The van der Waals surface area contributed by atoms with E-state index < -0.39 is 18.5 Å². The molecule has 0 unspecified atom stereocenters. The normalized spacial score (nSPS) is 19.2. The third kappa shape index (κ3) is 2.94. The molecular formula is C12H15ClF2N2. The molecule has 0 saturated carbocycles. The fourth-order valence-corrected chi connectivity index (χ4v) is 2.30. The van der Waals surface area contributed by atoms with E-state index in [1.54, 1.807) is 12.1 Å². The Balaban J connectivity index is 2.21. The number of hydrogen-bond donors (Lipinski definition) is 1. The van der Waals surface area contributed by atoms with Crippen molar-refractivity contribution in [1.29, 1.82) is 0 Å². The highest BCUT2D eigenvalue weighted by Crippen LogP contribution is 2.26. The fourth-order valence-electron chi connectivity index (χ4n) is 2.14. The molecule has 0 amide bonds. The van der Waals surface area contributed by atoms with Gasteiger partial charge in [-0.15, -0.1) is 0 Å². The van der Waals surface area contributed by atoms with Crippen molar-refractivity contribution in [2.45, 2.75) is 6.04 Å². The molecule has 1 saturated heterocycles. The van der Waals surface area contributed by atoms with Crippen molar-refractivity contribution in [3.63, 3.8) is 0 Å². The first kappa shape index (κ1) is 12.7. The molecule has 2 nitrogen and oxygen atoms in total. The largest absolute Gasteiger partial charge is 0.314 e. The van der Waals surface area contributed by atoms with E-state index in [9.17, 15) is 8.78 Å². The van der Waals surface area contributed by atoms with Gasteiger partial charge in [-0.25, -0.2) is 8.78 Å². The third-order valence-electron chi connectivity index (χ3n) is 3.06. The maximum absolute atomic E-state index is 13.7. The SMILES string of the molecule is FC[C@H](c1ccc(Cl)cc1F)N1CCNCC1. The van der Waals surface area contributed by atoms with Gasteiger partial charge in [-0.1, -0.05) is 17.7 Å². The van der Waals surface area contributed by atoms with Crippen LogP contribution in [0.25, 0.3) is 0 Å². The van der Waals surface area contributed by atoms with E-state index in [0.717, 1.165) is 26.2 Å². The van der Waals surface area contributed by atoms with Gasteiger partial charge < -0.3 is 5.32 Å². The molecule has 0 aliphatic carbocycles. The second-order valence-corrected chi connectivity index (χ2v) is 4.56. The molecule has 94 valence electrons. The third-order valence-corrected chi connectivity index (χ3v) is 3.30. The predicted octanol–water partition coefficient (Wildman–Crippen LogP) is 2.39. The van der Waals surface area contributed by atoms with Crippen molar-refractivity contribution < 1.29 is 8.78 Å². The zero-order valence-electron chi connectivity index (χ0n) is 9.43. The van der Waals surface area contributed by atoms with Gasteiger partial charge in [0, 0.05) is 36.8 Å². The highest BCUT2D eigenvalue weighted by atomic mass is 35.5. The number of rotatable bonds is 3. The van der Waals surface area contributed by atoms with Gasteiger partial charge in [0.1, 0.15) is 12.5 Å². The van der Waals surface area contributed by atoms with E-state index >= 15 is 0 Å². The van der Waals surface area contributed by atoms with Crippen LogP contribution in [0.15, 0.2) is 18.2 Å². The quantitative estimate of drug-likeness (QED) is 0.898. The lowest BCUT2D eigenvalue weighted by Gasteiger charge is -2.33. The molecule has 1 atom stereocenters. The van der Waals surface area contributed by atoms with E-state index in [-0.39, 0.29) is 0 Å². The zero-order chi connectivity index (χ0) is 12.3. The summed E-state index contributed by atoms with van der Waals surface area (Å²) in [6.45, 7) is 2.50. The van der Waals surface area contributed by atoms with Crippen LogP contribution in [-0.2, 0) is 0 Å². The molecule has 1 fully saturated rings. The number of hydrogen-bond acceptors (Lipinski definition) is 2. The van der Waals surface area contributed by atoms with Crippen molar-refractivity contribution in [3.8, 4) is 0 Å². The van der Waals surface area contributed by atoms with Crippen LogP contribution in [0.5, 0.6) is 0 Å². The summed E-state index contributed by atoms with van der Waals surface area (Å²) in [6.07, 6.45) is 0. The van der Waals surface area contributed by atoms with Crippen molar-refractivity contribution in [1.82, 2.24) is 10.2 Å². The van der Waals surface area contributed by atoms with Crippen LogP contribution in [0.2, 0.25) is 5.02 Å². The summed E-state index contributed by atoms with van der Waals surface area (Å²) in [6, 6.07) is 3.91. The molecule has 1 aliphatic heterocycles. The van der Waals surface area contributed by atoms with Crippen molar-refractivity contribution >= 4 is 11.6 Å². The summed E-state index contributed by atoms with van der Waals surface area (Å²) in [5.74, 6) is -0.432. The first-order valence-electron chi connectivity index (χ1n) is 5.68. The van der Waals surface area contributed by atoms with E-state index in [4.69, 9.17) is 11.6 Å². The standard InChI is InChI=1S/C12H15ClF2N2/c13-9-1-2-10(11(15)7-9)12(8-14)17-5-3-16-4-6-17/h1-2,7,12,16H,3-6,8H2/t12-/m1/s1. The summed E-state index contributed by atoms with van der Waals surface area (Å²) in [4.78, 5) is 1.96. The Labute approximate surface area is 105 Å². The van der Waals surface area contributed by atoms with E-state index in [1.165, 1.54) is 6.07 Å². The van der Waals surface area contributed by atoms with Crippen molar-refractivity contribution in [2.75, 3.05) is 32.9 Å². The van der Waals surface area contributed by atoms with Crippen LogP contribution < -0.4 is 5.32 Å². The second-order valence-electron chi connectivity index (χ2n) is 4.12. The summed E-state index contributed by atoms with van der Waals surface area (Å²) in [5.41, 5.74) is 0.388. The Morgan fingerprint density at radius 3 is 2.65 bits per heavy atom. The molecular weight excluding hydrogens is 246 g/mol. The highest BCUT2D eigenvalue weighted by Gasteiger charge is 2.24. The number of nitrogens with one attached hydrogen (secondary N) is 1. The van der Waals surface area contributed by atoms with E-state index in [0.29, 0.717) is 10.6 Å². The van der Waals surface area contributed by atoms with Gasteiger partial charge >= 0.3 is 0 Å². The molecule has 1 heterocycles. The molecule has 0 radical (unpaired) electrons. The van der Waals surface area contributed by atoms with Gasteiger partial charge in [0.25, 0.3) is 0 Å². The van der Waals surface area contributed by atoms with E-state index in [1.807, 2.05) is 4.90 Å². The van der Waals surface area contributed by atoms with Crippen LogP contribution in [-0.4, -0.2) is 37.8 Å². The lowest BCUT2D eigenvalue weighted by atomic mass is 10.0. The van der Waals surface area contributed by atoms with E-state index in [2.05, 4.69) is 5.32 Å². The molecule has 1 N–H and O–H groups in total. The molecule has 5 heteroatoms. The molecule has 0 aromatic heterocycles. The van der Waals surface area contributed by atoms with Crippen LogP contribution in [0, 0.1) is 5.82 Å². The lowest BCUT2D eigenvalue weighted by molar-refractivity contribution is 0.144. The van der Waals surface area contributed by atoms with Crippen LogP contribution in [0.3, 0.4) is 0 Å². The number of halogens is 3. The summed E-state index contributed by atoms with van der Waals surface area (Å²) in [7, 11) is 0. The molecule has 0 bridgehead atoms. The minimum absolute atomic E-state index is 0.337. The van der Waals surface area contributed by atoms with Gasteiger partial charge in [0.2, 0.25) is 0 Å². The van der Waals surface area contributed by atoms with Gasteiger partial charge in [0.15, 0.2) is 0 Å². The lowest BCUT2D eigenvalue weighted by Crippen LogP contribution is -2.45. The molecule has 1 aromatic rings.